The third-order valence-electron chi connectivity index (χ3n) is 2.87. The van der Waals surface area contributed by atoms with E-state index in [1.165, 1.54) is 5.46 Å². The van der Waals surface area contributed by atoms with Crippen LogP contribution in [0.25, 0.3) is 6.08 Å². The Kier molecular flexibility index (Phi) is 5.93. The van der Waals surface area contributed by atoms with Crippen LogP contribution in [0.3, 0.4) is 0 Å². The van der Waals surface area contributed by atoms with E-state index in [-0.39, 0.29) is 0 Å². The highest BCUT2D eigenvalue weighted by Crippen LogP contribution is 2.25. The van der Waals surface area contributed by atoms with Gasteiger partial charge in [0.2, 0.25) is 0 Å². The van der Waals surface area contributed by atoms with Gasteiger partial charge in [-0.05, 0) is 12.0 Å². The topological polar surface area (TPSA) is 9.23 Å². The van der Waals surface area contributed by atoms with Crippen LogP contribution in [0.15, 0.2) is 30.8 Å². The van der Waals surface area contributed by atoms with Crippen molar-refractivity contribution < 1.29 is 4.57 Å². The van der Waals surface area contributed by atoms with Gasteiger partial charge in [0.15, 0.2) is 0 Å². The molecule has 0 aliphatic rings. The molecule has 17 heavy (non-hydrogen) atoms. The number of benzene rings is 1. The minimum Gasteiger partial charge on any atom is -0.492 e. The van der Waals surface area contributed by atoms with Crippen molar-refractivity contribution in [3.63, 3.8) is 0 Å². The molecular weight excluding hydrogens is 226 g/mol. The Morgan fingerprint density at radius 1 is 1.35 bits per heavy atom. The van der Waals surface area contributed by atoms with Crippen LogP contribution >= 0.6 is 11.6 Å². The molecule has 1 nitrogen and oxygen atoms in total. The Labute approximate surface area is 110 Å². The molecule has 1 aromatic carbocycles. The smallest absolute Gasteiger partial charge is 0.327 e. The lowest BCUT2D eigenvalue weighted by atomic mass is 9.87. The fraction of sp³-hybridized carbons (Fsp3) is 0.385. The van der Waals surface area contributed by atoms with Gasteiger partial charge in [-0.1, -0.05) is 63.2 Å². The molecule has 0 radical (unpaired) electrons. The van der Waals surface area contributed by atoms with Gasteiger partial charge in [0.25, 0.3) is 7.48 Å². The summed E-state index contributed by atoms with van der Waals surface area (Å²) in [5, 5.41) is 0. The Hall–Kier alpha value is -0.600. The Morgan fingerprint density at radius 3 is 2.53 bits per heavy atom. The van der Waals surface area contributed by atoms with Crippen LogP contribution in [0.1, 0.15) is 32.8 Å². The SMILES string of the molecule is C=Cc1ccc(BOBSC(C)(C)CC)cc1. The minimum absolute atomic E-state index is 0.312. The van der Waals surface area contributed by atoms with E-state index < -0.39 is 0 Å². The molecule has 90 valence electrons. The fourth-order valence-corrected chi connectivity index (χ4v) is 1.90. The summed E-state index contributed by atoms with van der Waals surface area (Å²) >= 11 is 1.87. The zero-order valence-electron chi connectivity index (χ0n) is 11.0. The molecule has 0 heterocycles. The van der Waals surface area contributed by atoms with E-state index in [9.17, 15) is 0 Å². The molecule has 0 spiro atoms. The van der Waals surface area contributed by atoms with Crippen molar-refractivity contribution in [2.75, 3.05) is 0 Å². The van der Waals surface area contributed by atoms with E-state index in [0.717, 1.165) is 18.7 Å². The van der Waals surface area contributed by atoms with Crippen LogP contribution in [0, 0.1) is 0 Å². The van der Waals surface area contributed by atoms with Crippen LogP contribution in [0.5, 0.6) is 0 Å². The van der Waals surface area contributed by atoms with Gasteiger partial charge in [-0.25, -0.2) is 0 Å². The second kappa shape index (κ2) is 6.97. The molecule has 0 aromatic heterocycles. The monoisotopic (exact) mass is 246 g/mol. The van der Waals surface area contributed by atoms with E-state index in [0.29, 0.717) is 12.2 Å². The maximum atomic E-state index is 5.67. The predicted octanol–water partition coefficient (Wildman–Crippen LogP) is 2.51. The van der Waals surface area contributed by atoms with Gasteiger partial charge in [-0.2, -0.15) is 11.6 Å². The van der Waals surface area contributed by atoms with Crippen LogP contribution in [-0.4, -0.2) is 19.0 Å². The largest absolute Gasteiger partial charge is 0.492 e. The predicted molar refractivity (Wildman–Crippen MR) is 83.5 cm³/mol. The number of hydrogen-bond donors (Lipinski definition) is 0. The summed E-state index contributed by atoms with van der Waals surface area (Å²) in [6.07, 6.45) is 3.01. The van der Waals surface area contributed by atoms with E-state index in [1.54, 1.807) is 0 Å². The summed E-state index contributed by atoms with van der Waals surface area (Å²) in [7, 11) is 0.685. The molecule has 1 rings (SSSR count). The van der Waals surface area contributed by atoms with Gasteiger partial charge in [0, 0.05) is 4.75 Å². The molecule has 4 heteroatoms. The van der Waals surface area contributed by atoms with E-state index in [1.807, 2.05) is 17.7 Å². The van der Waals surface area contributed by atoms with Crippen molar-refractivity contribution in [1.29, 1.82) is 0 Å². The average Bonchev–Trinajstić information content (AvgIpc) is 2.35. The average molecular weight is 246 g/mol. The molecule has 0 saturated heterocycles. The normalized spacial score (nSPS) is 11.0. The lowest BCUT2D eigenvalue weighted by Gasteiger charge is -2.21. The van der Waals surface area contributed by atoms with Gasteiger partial charge in [-0.15, -0.1) is 0 Å². The zero-order chi connectivity index (χ0) is 12.7. The number of hydrogen-bond acceptors (Lipinski definition) is 2. The fourth-order valence-electron chi connectivity index (χ4n) is 1.21. The summed E-state index contributed by atoms with van der Waals surface area (Å²) in [5.74, 6) is 0. The molecule has 0 fully saturated rings. The third kappa shape index (κ3) is 5.51. The van der Waals surface area contributed by atoms with Gasteiger partial charge < -0.3 is 4.57 Å². The van der Waals surface area contributed by atoms with Gasteiger partial charge in [-0.3, -0.25) is 0 Å². The van der Waals surface area contributed by atoms with Crippen molar-refractivity contribution in [1.82, 2.24) is 0 Å². The Morgan fingerprint density at radius 2 is 2.00 bits per heavy atom. The molecule has 0 aliphatic heterocycles. The summed E-state index contributed by atoms with van der Waals surface area (Å²) in [4.78, 5) is 0. The molecule has 1 aromatic rings. The van der Waals surface area contributed by atoms with Crippen molar-refractivity contribution >= 4 is 37.4 Å². The van der Waals surface area contributed by atoms with E-state index in [4.69, 9.17) is 4.57 Å². The molecule has 0 saturated carbocycles. The molecule has 0 aliphatic carbocycles. The highest BCUT2D eigenvalue weighted by Gasteiger charge is 2.15. The van der Waals surface area contributed by atoms with E-state index >= 15 is 0 Å². The zero-order valence-corrected chi connectivity index (χ0v) is 11.8. The standard InChI is InChI=1S/C13H20B2OS/c1-5-11-7-9-12(10-8-11)14-16-15-17-13(3,4)6-2/h5,7-10,14-15H,1,6H2,2-4H3. The Bertz CT molecular complexity index is 349. The maximum Gasteiger partial charge on any atom is 0.327 e. The maximum absolute atomic E-state index is 5.67. The summed E-state index contributed by atoms with van der Waals surface area (Å²) in [6, 6.07) is 8.31. The molecular formula is C13H20B2OS. The first-order valence-electron chi connectivity index (χ1n) is 6.00. The van der Waals surface area contributed by atoms with Crippen LogP contribution in [0.4, 0.5) is 0 Å². The first kappa shape index (κ1) is 14.5. The minimum atomic E-state index is 0.312. The summed E-state index contributed by atoms with van der Waals surface area (Å²) < 4.78 is 5.98. The second-order valence-electron chi connectivity index (χ2n) is 4.67. The van der Waals surface area contributed by atoms with Gasteiger partial charge >= 0.3 is 6.76 Å². The first-order chi connectivity index (χ1) is 8.07. The molecule has 0 amide bonds. The van der Waals surface area contributed by atoms with Crippen molar-refractivity contribution in [2.24, 2.45) is 0 Å². The molecule has 0 bridgehead atoms. The van der Waals surface area contributed by atoms with Crippen molar-refractivity contribution in [3.05, 3.63) is 36.4 Å². The van der Waals surface area contributed by atoms with Gasteiger partial charge in [0.05, 0.1) is 0 Å². The van der Waals surface area contributed by atoms with Crippen LogP contribution < -0.4 is 5.46 Å². The van der Waals surface area contributed by atoms with Crippen molar-refractivity contribution in [3.8, 4) is 0 Å². The third-order valence-corrected chi connectivity index (χ3v) is 4.22. The highest BCUT2D eigenvalue weighted by atomic mass is 32.2. The summed E-state index contributed by atoms with van der Waals surface area (Å²) in [5.41, 5.74) is 2.36. The highest BCUT2D eigenvalue weighted by molar-refractivity contribution is 8.22. The molecule has 0 N–H and O–H groups in total. The van der Waals surface area contributed by atoms with Gasteiger partial charge in [0.1, 0.15) is 0 Å². The van der Waals surface area contributed by atoms with Crippen LogP contribution in [0.2, 0.25) is 0 Å². The van der Waals surface area contributed by atoms with Crippen molar-refractivity contribution in [2.45, 2.75) is 31.9 Å². The quantitative estimate of drug-likeness (QED) is 0.540. The number of rotatable bonds is 7. The summed E-state index contributed by atoms with van der Waals surface area (Å²) in [6.45, 7) is 11.2. The lowest BCUT2D eigenvalue weighted by Crippen LogP contribution is -2.21. The lowest BCUT2D eigenvalue weighted by molar-refractivity contribution is 0.660. The molecule has 0 atom stereocenters. The second-order valence-corrected chi connectivity index (χ2v) is 6.30. The van der Waals surface area contributed by atoms with Crippen LogP contribution in [-0.2, 0) is 4.57 Å². The Balaban J connectivity index is 2.28. The van der Waals surface area contributed by atoms with E-state index in [2.05, 4.69) is 51.6 Å². The first-order valence-corrected chi connectivity index (χ1v) is 6.99. The molecule has 0 unspecified atom stereocenters.